The number of hydrogen-bond acceptors (Lipinski definition) is 3. The van der Waals surface area contributed by atoms with E-state index in [1.165, 1.54) is 6.33 Å². The summed E-state index contributed by atoms with van der Waals surface area (Å²) in [6, 6.07) is 11.7. The van der Waals surface area contributed by atoms with Crippen molar-refractivity contribution in [2.75, 3.05) is 0 Å². The molecule has 0 N–H and O–H groups in total. The maximum Gasteiger partial charge on any atom is 0.153 e. The molecule has 72 valence electrons. The molecule has 0 bridgehead atoms. The fourth-order valence-corrected chi connectivity index (χ4v) is 1.54. The summed E-state index contributed by atoms with van der Waals surface area (Å²) < 4.78 is 5.66. The topological polar surface area (TPSA) is 38.9 Å². The Bertz CT molecular complexity index is 554. The zero-order valence-electron chi connectivity index (χ0n) is 7.92. The minimum atomic E-state index is 0.776. The predicted octanol–water partition coefficient (Wildman–Crippen LogP) is 2.89. The second kappa shape index (κ2) is 3.20. The highest BCUT2D eigenvalue weighted by atomic mass is 16.3. The molecule has 0 spiro atoms. The fraction of sp³-hybridized carbons (Fsp3) is 0. The molecule has 2 aromatic heterocycles. The first-order chi connectivity index (χ1) is 7.43. The number of para-hydroxylation sites is 1. The smallest absolute Gasteiger partial charge is 0.153 e. The molecule has 0 unspecified atom stereocenters. The van der Waals surface area contributed by atoms with Gasteiger partial charge in [0.2, 0.25) is 0 Å². The first kappa shape index (κ1) is 8.17. The van der Waals surface area contributed by atoms with Crippen LogP contribution in [0.15, 0.2) is 53.3 Å². The van der Waals surface area contributed by atoms with Crippen molar-refractivity contribution in [3.05, 3.63) is 48.9 Å². The summed E-state index contributed by atoms with van der Waals surface area (Å²) in [6.07, 6.45) is 3.22. The maximum atomic E-state index is 5.66. The van der Waals surface area contributed by atoms with Crippen LogP contribution in [0.2, 0.25) is 0 Å². The zero-order valence-corrected chi connectivity index (χ0v) is 7.92. The first-order valence-electron chi connectivity index (χ1n) is 4.68. The third-order valence-corrected chi connectivity index (χ3v) is 2.26. The van der Waals surface area contributed by atoms with Gasteiger partial charge in [0.25, 0.3) is 0 Å². The van der Waals surface area contributed by atoms with E-state index < -0.39 is 0 Å². The molecule has 0 saturated carbocycles. The standard InChI is InChI=1S/C12H8N2O/c1-2-4-11-9(3-1)7-12(15-11)10-5-6-13-8-14-10/h1-8H. The van der Waals surface area contributed by atoms with Gasteiger partial charge in [0.15, 0.2) is 5.76 Å². The summed E-state index contributed by atoms with van der Waals surface area (Å²) in [5, 5.41) is 1.09. The van der Waals surface area contributed by atoms with Gasteiger partial charge in [-0.05, 0) is 18.2 Å². The highest BCUT2D eigenvalue weighted by molar-refractivity contribution is 5.81. The van der Waals surface area contributed by atoms with Crippen LogP contribution in [0.4, 0.5) is 0 Å². The zero-order chi connectivity index (χ0) is 10.1. The second-order valence-electron chi connectivity index (χ2n) is 3.24. The Hall–Kier alpha value is -2.16. The lowest BCUT2D eigenvalue weighted by molar-refractivity contribution is 0.628. The molecule has 2 heterocycles. The molecule has 0 aliphatic carbocycles. The van der Waals surface area contributed by atoms with Crippen LogP contribution in [-0.4, -0.2) is 9.97 Å². The SMILES string of the molecule is c1ccc2oc(-c3ccncn3)cc2c1. The highest BCUT2D eigenvalue weighted by Crippen LogP contribution is 2.25. The van der Waals surface area contributed by atoms with Crippen LogP contribution in [0.3, 0.4) is 0 Å². The van der Waals surface area contributed by atoms with Crippen molar-refractivity contribution in [2.45, 2.75) is 0 Å². The van der Waals surface area contributed by atoms with Crippen molar-refractivity contribution in [3.63, 3.8) is 0 Å². The summed E-state index contributed by atoms with van der Waals surface area (Å²) >= 11 is 0. The lowest BCUT2D eigenvalue weighted by Crippen LogP contribution is -1.80. The number of hydrogen-bond donors (Lipinski definition) is 0. The molecule has 3 aromatic rings. The molecular weight excluding hydrogens is 188 g/mol. The van der Waals surface area contributed by atoms with Crippen LogP contribution in [-0.2, 0) is 0 Å². The van der Waals surface area contributed by atoms with E-state index in [0.29, 0.717) is 0 Å². The summed E-state index contributed by atoms with van der Waals surface area (Å²) in [5.41, 5.74) is 1.69. The Labute approximate surface area is 86.4 Å². The van der Waals surface area contributed by atoms with Crippen LogP contribution in [0.5, 0.6) is 0 Å². The Morgan fingerprint density at radius 1 is 1.07 bits per heavy atom. The quantitative estimate of drug-likeness (QED) is 0.600. The predicted molar refractivity (Wildman–Crippen MR) is 57.2 cm³/mol. The average molecular weight is 196 g/mol. The van der Waals surface area contributed by atoms with Gasteiger partial charge < -0.3 is 4.42 Å². The molecule has 3 nitrogen and oxygen atoms in total. The molecule has 0 atom stereocenters. The van der Waals surface area contributed by atoms with Gasteiger partial charge >= 0.3 is 0 Å². The molecule has 0 radical (unpaired) electrons. The summed E-state index contributed by atoms with van der Waals surface area (Å²) in [4.78, 5) is 8.01. The van der Waals surface area contributed by atoms with Gasteiger partial charge in [-0.25, -0.2) is 9.97 Å². The summed E-state index contributed by atoms with van der Waals surface area (Å²) in [6.45, 7) is 0. The van der Waals surface area contributed by atoms with Crippen LogP contribution in [0, 0.1) is 0 Å². The summed E-state index contributed by atoms with van der Waals surface area (Å²) in [5.74, 6) is 0.776. The Morgan fingerprint density at radius 3 is 2.80 bits per heavy atom. The average Bonchev–Trinajstić information content (AvgIpc) is 2.74. The number of benzene rings is 1. The van der Waals surface area contributed by atoms with Crippen LogP contribution >= 0.6 is 0 Å². The molecule has 1 aromatic carbocycles. The van der Waals surface area contributed by atoms with Crippen molar-refractivity contribution in [2.24, 2.45) is 0 Å². The number of fused-ring (bicyclic) bond motifs is 1. The van der Waals surface area contributed by atoms with Gasteiger partial charge in [0, 0.05) is 11.6 Å². The molecule has 3 rings (SSSR count). The fourth-order valence-electron chi connectivity index (χ4n) is 1.54. The Balaban J connectivity index is 2.21. The van der Waals surface area contributed by atoms with Crippen LogP contribution in [0.1, 0.15) is 0 Å². The largest absolute Gasteiger partial charge is 0.454 e. The van der Waals surface area contributed by atoms with Gasteiger partial charge in [-0.1, -0.05) is 18.2 Å². The van der Waals surface area contributed by atoms with Crippen molar-refractivity contribution >= 4 is 11.0 Å². The third kappa shape index (κ3) is 1.38. The van der Waals surface area contributed by atoms with Crippen molar-refractivity contribution in [1.29, 1.82) is 0 Å². The van der Waals surface area contributed by atoms with E-state index in [-0.39, 0.29) is 0 Å². The minimum absolute atomic E-state index is 0.776. The van der Waals surface area contributed by atoms with E-state index in [1.807, 2.05) is 36.4 Å². The molecule has 3 heteroatoms. The van der Waals surface area contributed by atoms with Gasteiger partial charge in [-0.2, -0.15) is 0 Å². The van der Waals surface area contributed by atoms with E-state index in [4.69, 9.17) is 4.42 Å². The minimum Gasteiger partial charge on any atom is -0.454 e. The number of furan rings is 1. The van der Waals surface area contributed by atoms with E-state index in [0.717, 1.165) is 22.4 Å². The third-order valence-electron chi connectivity index (χ3n) is 2.26. The first-order valence-corrected chi connectivity index (χ1v) is 4.68. The maximum absolute atomic E-state index is 5.66. The van der Waals surface area contributed by atoms with Crippen LogP contribution < -0.4 is 0 Å². The Kier molecular flexibility index (Phi) is 1.75. The number of rotatable bonds is 1. The van der Waals surface area contributed by atoms with E-state index in [9.17, 15) is 0 Å². The van der Waals surface area contributed by atoms with Crippen LogP contribution in [0.25, 0.3) is 22.4 Å². The lowest BCUT2D eigenvalue weighted by atomic mass is 10.2. The van der Waals surface area contributed by atoms with Gasteiger partial charge in [0.05, 0.1) is 0 Å². The molecule has 0 aliphatic heterocycles. The number of nitrogens with zero attached hydrogens (tertiary/aromatic N) is 2. The summed E-state index contributed by atoms with van der Waals surface area (Å²) in [7, 11) is 0. The molecule has 0 saturated heterocycles. The van der Waals surface area contributed by atoms with Crippen molar-refractivity contribution in [1.82, 2.24) is 9.97 Å². The van der Waals surface area contributed by atoms with Gasteiger partial charge in [-0.3, -0.25) is 0 Å². The molecule has 0 aliphatic rings. The Morgan fingerprint density at radius 2 is 2.00 bits per heavy atom. The molecular formula is C12H8N2O. The van der Waals surface area contributed by atoms with E-state index in [2.05, 4.69) is 9.97 Å². The second-order valence-corrected chi connectivity index (χ2v) is 3.24. The van der Waals surface area contributed by atoms with E-state index >= 15 is 0 Å². The molecule has 0 amide bonds. The van der Waals surface area contributed by atoms with Gasteiger partial charge in [0.1, 0.15) is 17.6 Å². The van der Waals surface area contributed by atoms with E-state index in [1.54, 1.807) is 6.20 Å². The molecule has 0 fully saturated rings. The monoisotopic (exact) mass is 196 g/mol. The number of aromatic nitrogens is 2. The normalized spacial score (nSPS) is 10.7. The lowest BCUT2D eigenvalue weighted by Gasteiger charge is -1.91. The van der Waals surface area contributed by atoms with Crippen molar-refractivity contribution < 1.29 is 4.42 Å². The molecule has 15 heavy (non-hydrogen) atoms. The highest BCUT2D eigenvalue weighted by Gasteiger charge is 2.05. The van der Waals surface area contributed by atoms with Gasteiger partial charge in [-0.15, -0.1) is 0 Å². The van der Waals surface area contributed by atoms with Crippen molar-refractivity contribution in [3.8, 4) is 11.5 Å².